The molecule has 0 bridgehead atoms. The second-order valence-electron chi connectivity index (χ2n) is 5.65. The van der Waals surface area contributed by atoms with Crippen molar-refractivity contribution < 1.29 is 19.4 Å². The molecule has 1 saturated heterocycles. The lowest BCUT2D eigenvalue weighted by molar-refractivity contribution is -0.142. The summed E-state index contributed by atoms with van der Waals surface area (Å²) in [5.74, 6) is -1.52. The number of likely N-dealkylation sites (N-methyl/N-ethyl adjacent to an activating group) is 1. The van der Waals surface area contributed by atoms with E-state index in [-0.39, 0.29) is 24.7 Å². The Balaban J connectivity index is 1.94. The van der Waals surface area contributed by atoms with Crippen LogP contribution in [0.15, 0.2) is 0 Å². The molecular weight excluding hydrogens is 292 g/mol. The molecule has 2 amide bonds. The Kier molecular flexibility index (Phi) is 5.75. The third-order valence-electron chi connectivity index (χ3n) is 4.42. The average molecular weight is 316 g/mol. The number of aliphatic carboxylic acids is 1. The number of ether oxygens (including phenoxy) is 1. The molecule has 1 saturated carbocycles. The predicted octanol–water partition coefficient (Wildman–Crippen LogP) is 1.40. The highest BCUT2D eigenvalue weighted by Gasteiger charge is 2.40. The van der Waals surface area contributed by atoms with Gasteiger partial charge < -0.3 is 20.1 Å². The second kappa shape index (κ2) is 7.35. The van der Waals surface area contributed by atoms with Gasteiger partial charge in [-0.05, 0) is 32.4 Å². The topological polar surface area (TPSA) is 78.9 Å². The van der Waals surface area contributed by atoms with Crippen molar-refractivity contribution in [2.75, 3.05) is 26.0 Å². The number of carboxylic acids is 1. The number of carbonyl (C=O) groups excluding carboxylic acids is 1. The number of carbonyl (C=O) groups is 2. The van der Waals surface area contributed by atoms with E-state index in [9.17, 15) is 14.7 Å². The van der Waals surface area contributed by atoms with E-state index in [2.05, 4.69) is 11.6 Å². The lowest BCUT2D eigenvalue weighted by Gasteiger charge is -2.30. The highest BCUT2D eigenvalue weighted by atomic mass is 32.2. The van der Waals surface area contributed by atoms with Gasteiger partial charge in [-0.25, -0.2) is 4.79 Å². The molecule has 0 aromatic rings. The van der Waals surface area contributed by atoms with Crippen LogP contribution in [0.3, 0.4) is 0 Å². The molecule has 4 atom stereocenters. The maximum atomic E-state index is 12.4. The molecule has 7 heteroatoms. The molecule has 2 N–H and O–H groups in total. The predicted molar refractivity (Wildman–Crippen MR) is 81.6 cm³/mol. The third kappa shape index (κ3) is 3.83. The Morgan fingerprint density at radius 3 is 2.71 bits per heavy atom. The van der Waals surface area contributed by atoms with Gasteiger partial charge >= 0.3 is 12.0 Å². The molecule has 120 valence electrons. The fourth-order valence-electron chi connectivity index (χ4n) is 3.16. The molecular formula is C14H24N2O4S. The van der Waals surface area contributed by atoms with Crippen LogP contribution < -0.4 is 5.32 Å². The van der Waals surface area contributed by atoms with Gasteiger partial charge in [0.05, 0.1) is 19.3 Å². The molecule has 1 aliphatic heterocycles. The summed E-state index contributed by atoms with van der Waals surface area (Å²) in [6.45, 7) is 2.84. The highest BCUT2D eigenvalue weighted by molar-refractivity contribution is 7.99. The van der Waals surface area contributed by atoms with Crippen LogP contribution in [-0.4, -0.2) is 65.4 Å². The second-order valence-corrected chi connectivity index (χ2v) is 6.79. The van der Waals surface area contributed by atoms with Crippen LogP contribution >= 0.6 is 11.8 Å². The number of urea groups is 1. The fourth-order valence-corrected chi connectivity index (χ4v) is 3.95. The smallest absolute Gasteiger partial charge is 0.317 e. The summed E-state index contributed by atoms with van der Waals surface area (Å²) in [6, 6.07) is -0.328. The molecule has 2 aliphatic rings. The molecule has 21 heavy (non-hydrogen) atoms. The van der Waals surface area contributed by atoms with E-state index in [0.717, 1.165) is 19.3 Å². The first-order valence-corrected chi connectivity index (χ1v) is 8.76. The zero-order valence-electron chi connectivity index (χ0n) is 12.6. The molecule has 1 aliphatic carbocycles. The Morgan fingerprint density at radius 1 is 1.38 bits per heavy atom. The summed E-state index contributed by atoms with van der Waals surface area (Å²) in [5, 5.41) is 12.9. The molecule has 1 heterocycles. The minimum absolute atomic E-state index is 0.161. The number of rotatable bonds is 5. The van der Waals surface area contributed by atoms with Gasteiger partial charge in [0.2, 0.25) is 0 Å². The Morgan fingerprint density at radius 2 is 2.14 bits per heavy atom. The van der Waals surface area contributed by atoms with Crippen LogP contribution in [0.4, 0.5) is 4.79 Å². The maximum absolute atomic E-state index is 12.4. The molecule has 0 radical (unpaired) electrons. The van der Waals surface area contributed by atoms with E-state index in [1.54, 1.807) is 4.90 Å². The summed E-state index contributed by atoms with van der Waals surface area (Å²) < 4.78 is 5.26. The zero-order valence-corrected chi connectivity index (χ0v) is 13.4. The molecule has 6 nitrogen and oxygen atoms in total. The average Bonchev–Trinajstić information content (AvgIpc) is 3.08. The number of carboxylic acid groups (broad SMARTS) is 1. The van der Waals surface area contributed by atoms with E-state index in [1.165, 1.54) is 0 Å². The first-order chi connectivity index (χ1) is 10.1. The first kappa shape index (κ1) is 16.4. The normalized spacial score (nSPS) is 32.1. The van der Waals surface area contributed by atoms with Gasteiger partial charge in [0.25, 0.3) is 0 Å². The van der Waals surface area contributed by atoms with E-state index in [4.69, 9.17) is 4.74 Å². The number of nitrogens with one attached hydrogen (secondary N) is 1. The molecule has 4 unspecified atom stereocenters. The number of amides is 2. The van der Waals surface area contributed by atoms with E-state index >= 15 is 0 Å². The van der Waals surface area contributed by atoms with Gasteiger partial charge in [-0.1, -0.05) is 0 Å². The third-order valence-corrected chi connectivity index (χ3v) is 5.51. The van der Waals surface area contributed by atoms with Crippen LogP contribution in [0.2, 0.25) is 0 Å². The van der Waals surface area contributed by atoms with Crippen molar-refractivity contribution in [2.45, 2.75) is 43.5 Å². The van der Waals surface area contributed by atoms with Crippen LogP contribution in [0.1, 0.15) is 26.2 Å². The van der Waals surface area contributed by atoms with E-state index in [0.29, 0.717) is 18.4 Å². The lowest BCUT2D eigenvalue weighted by Crippen LogP contribution is -2.52. The molecule has 0 spiro atoms. The molecule has 0 aromatic heterocycles. The van der Waals surface area contributed by atoms with Crippen LogP contribution in [0.25, 0.3) is 0 Å². The molecule has 2 rings (SSSR count). The van der Waals surface area contributed by atoms with Gasteiger partial charge in [0.15, 0.2) is 0 Å². The van der Waals surface area contributed by atoms with E-state index in [1.807, 2.05) is 18.7 Å². The van der Waals surface area contributed by atoms with Crippen molar-refractivity contribution in [1.82, 2.24) is 10.2 Å². The molecule has 2 fully saturated rings. The van der Waals surface area contributed by atoms with Gasteiger partial charge in [0.1, 0.15) is 5.92 Å². The summed E-state index contributed by atoms with van der Waals surface area (Å²) in [5.41, 5.74) is 0. The van der Waals surface area contributed by atoms with Crippen molar-refractivity contribution in [1.29, 1.82) is 0 Å². The first-order valence-electron chi connectivity index (χ1n) is 7.47. The number of nitrogens with zero attached hydrogens (tertiary/aromatic N) is 1. The number of hydrogen-bond donors (Lipinski definition) is 2. The highest BCUT2D eigenvalue weighted by Crippen LogP contribution is 2.28. The Labute approximate surface area is 129 Å². The Hall–Kier alpha value is -0.950. The minimum Gasteiger partial charge on any atom is -0.481 e. The van der Waals surface area contributed by atoms with Crippen molar-refractivity contribution in [3.05, 3.63) is 0 Å². The summed E-state index contributed by atoms with van der Waals surface area (Å²) in [7, 11) is 0. The monoisotopic (exact) mass is 316 g/mol. The standard InChI is InChI=1S/C14H24N2O4S/c1-3-16(12-8-20-7-11(12)13(17)18)14(19)15-9-4-5-10(6-9)21-2/h9-12H,3-8H2,1-2H3,(H,15,19)(H,17,18). The summed E-state index contributed by atoms with van der Waals surface area (Å²) in [4.78, 5) is 25.3. The summed E-state index contributed by atoms with van der Waals surface area (Å²) >= 11 is 1.84. The fraction of sp³-hybridized carbons (Fsp3) is 0.857. The van der Waals surface area contributed by atoms with Crippen LogP contribution in [0, 0.1) is 5.92 Å². The maximum Gasteiger partial charge on any atom is 0.317 e. The lowest BCUT2D eigenvalue weighted by atomic mass is 10.0. The minimum atomic E-state index is -0.896. The van der Waals surface area contributed by atoms with Gasteiger partial charge in [0, 0.05) is 17.8 Å². The summed E-state index contributed by atoms with van der Waals surface area (Å²) in [6.07, 6.45) is 5.22. The quantitative estimate of drug-likeness (QED) is 0.801. The van der Waals surface area contributed by atoms with Crippen LogP contribution in [0.5, 0.6) is 0 Å². The largest absolute Gasteiger partial charge is 0.481 e. The van der Waals surface area contributed by atoms with Gasteiger partial charge in [-0.3, -0.25) is 4.79 Å². The van der Waals surface area contributed by atoms with Gasteiger partial charge in [-0.2, -0.15) is 11.8 Å². The van der Waals surface area contributed by atoms with E-state index < -0.39 is 11.9 Å². The van der Waals surface area contributed by atoms with Crippen LogP contribution in [-0.2, 0) is 9.53 Å². The van der Waals surface area contributed by atoms with Gasteiger partial charge in [-0.15, -0.1) is 0 Å². The molecule has 0 aromatic carbocycles. The zero-order chi connectivity index (χ0) is 15.4. The SMILES string of the molecule is CCN(C(=O)NC1CCC(SC)C1)C1COCC1C(=O)O. The Bertz CT molecular complexity index is 393. The van der Waals surface area contributed by atoms with Crippen molar-refractivity contribution in [3.63, 3.8) is 0 Å². The van der Waals surface area contributed by atoms with Crippen molar-refractivity contribution >= 4 is 23.8 Å². The number of thioether (sulfide) groups is 1. The van der Waals surface area contributed by atoms with Crippen molar-refractivity contribution in [3.8, 4) is 0 Å². The number of hydrogen-bond acceptors (Lipinski definition) is 4. The van der Waals surface area contributed by atoms with Crippen molar-refractivity contribution in [2.24, 2.45) is 5.92 Å².